The Morgan fingerprint density at radius 2 is 2.05 bits per heavy atom. The number of hydrogen-bond donors (Lipinski definition) is 1. The molecule has 0 amide bonds. The fourth-order valence-corrected chi connectivity index (χ4v) is 2.51. The van der Waals surface area contributed by atoms with E-state index >= 15 is 0 Å². The first-order chi connectivity index (χ1) is 9.46. The molecule has 1 N–H and O–H groups in total. The summed E-state index contributed by atoms with van der Waals surface area (Å²) in [5.41, 5.74) is 0.982. The zero-order chi connectivity index (χ0) is 15.2. The molecule has 4 heteroatoms. The Morgan fingerprint density at radius 1 is 1.35 bits per heavy atom. The number of nitrogens with one attached hydrogen (secondary N) is 1. The topological polar surface area (TPSA) is 39.1 Å². The van der Waals surface area contributed by atoms with Crippen LogP contribution in [0.15, 0.2) is 12.3 Å². The molecule has 20 heavy (non-hydrogen) atoms. The van der Waals surface area contributed by atoms with Crippen molar-refractivity contribution < 1.29 is 4.74 Å². The van der Waals surface area contributed by atoms with Crippen molar-refractivity contribution in [2.75, 3.05) is 13.2 Å². The van der Waals surface area contributed by atoms with E-state index in [-0.39, 0.29) is 11.6 Å². The highest BCUT2D eigenvalue weighted by atomic mass is 16.5. The molecule has 0 aliphatic carbocycles. The van der Waals surface area contributed by atoms with Crippen molar-refractivity contribution in [3.8, 4) is 0 Å². The lowest BCUT2D eigenvalue weighted by atomic mass is 9.89. The number of hydrogen-bond acceptors (Lipinski definition) is 3. The van der Waals surface area contributed by atoms with Gasteiger partial charge in [-0.1, -0.05) is 13.8 Å². The third kappa shape index (κ3) is 4.32. The molecule has 2 unspecified atom stereocenters. The van der Waals surface area contributed by atoms with Crippen molar-refractivity contribution in [1.29, 1.82) is 0 Å². The molecule has 1 aromatic rings. The van der Waals surface area contributed by atoms with E-state index in [4.69, 9.17) is 4.74 Å². The molecule has 1 heterocycles. The highest BCUT2D eigenvalue weighted by Crippen LogP contribution is 2.23. The van der Waals surface area contributed by atoms with Crippen molar-refractivity contribution in [1.82, 2.24) is 15.1 Å². The average Bonchev–Trinajstić information content (AvgIpc) is 2.87. The van der Waals surface area contributed by atoms with E-state index in [1.54, 1.807) is 0 Å². The van der Waals surface area contributed by atoms with Crippen LogP contribution in [0.4, 0.5) is 0 Å². The zero-order valence-electron chi connectivity index (χ0n) is 13.9. The maximum Gasteiger partial charge on any atom is 0.0807 e. The summed E-state index contributed by atoms with van der Waals surface area (Å²) in [6.07, 6.45) is 3.95. The molecular weight excluding hydrogens is 250 g/mol. The lowest BCUT2D eigenvalue weighted by Crippen LogP contribution is -2.51. The number of ether oxygens (including phenoxy) is 1. The molecule has 0 saturated carbocycles. The molecule has 0 radical (unpaired) electrons. The van der Waals surface area contributed by atoms with Crippen LogP contribution in [0.25, 0.3) is 0 Å². The lowest BCUT2D eigenvalue weighted by Gasteiger charge is -2.37. The van der Waals surface area contributed by atoms with E-state index in [9.17, 15) is 0 Å². The predicted molar refractivity (Wildman–Crippen MR) is 84.1 cm³/mol. The monoisotopic (exact) mass is 281 g/mol. The molecule has 0 spiro atoms. The highest BCUT2D eigenvalue weighted by molar-refractivity contribution is 5.05. The molecule has 0 fully saturated rings. The number of aromatic nitrogens is 2. The van der Waals surface area contributed by atoms with Gasteiger partial charge in [-0.2, -0.15) is 5.10 Å². The summed E-state index contributed by atoms with van der Waals surface area (Å²) in [5, 5.41) is 8.23. The van der Waals surface area contributed by atoms with Crippen LogP contribution in [0.1, 0.15) is 59.7 Å². The summed E-state index contributed by atoms with van der Waals surface area (Å²) >= 11 is 0. The van der Waals surface area contributed by atoms with Crippen molar-refractivity contribution in [2.24, 2.45) is 0 Å². The van der Waals surface area contributed by atoms with Crippen molar-refractivity contribution in [2.45, 2.75) is 72.1 Å². The molecule has 0 aromatic carbocycles. The van der Waals surface area contributed by atoms with Crippen LogP contribution >= 0.6 is 0 Å². The van der Waals surface area contributed by atoms with E-state index < -0.39 is 0 Å². The normalized spacial score (nSPS) is 16.4. The highest BCUT2D eigenvalue weighted by Gasteiger charge is 2.33. The van der Waals surface area contributed by atoms with E-state index in [0.29, 0.717) is 6.04 Å². The fraction of sp³-hybridized carbons (Fsp3) is 0.812. The van der Waals surface area contributed by atoms with Crippen molar-refractivity contribution in [3.05, 3.63) is 18.0 Å². The van der Waals surface area contributed by atoms with Gasteiger partial charge in [0.05, 0.1) is 11.3 Å². The Morgan fingerprint density at radius 3 is 2.50 bits per heavy atom. The van der Waals surface area contributed by atoms with Crippen LogP contribution in [0.3, 0.4) is 0 Å². The van der Waals surface area contributed by atoms with E-state index in [0.717, 1.165) is 31.7 Å². The van der Waals surface area contributed by atoms with Gasteiger partial charge in [-0.15, -0.1) is 0 Å². The minimum Gasteiger partial charge on any atom is -0.374 e. The van der Waals surface area contributed by atoms with Crippen LogP contribution < -0.4 is 5.32 Å². The largest absolute Gasteiger partial charge is 0.374 e. The molecule has 0 aliphatic heterocycles. The van der Waals surface area contributed by atoms with Gasteiger partial charge in [-0.25, -0.2) is 0 Å². The Hall–Kier alpha value is -0.870. The van der Waals surface area contributed by atoms with Gasteiger partial charge in [-0.05, 0) is 46.7 Å². The van der Waals surface area contributed by atoms with Crippen molar-refractivity contribution >= 4 is 0 Å². The van der Waals surface area contributed by atoms with Gasteiger partial charge in [0.25, 0.3) is 0 Å². The Bertz CT molecular complexity index is 389. The third-order valence-electron chi connectivity index (χ3n) is 3.97. The molecule has 2 atom stereocenters. The quantitative estimate of drug-likeness (QED) is 0.755. The first kappa shape index (κ1) is 17.2. The van der Waals surface area contributed by atoms with Gasteiger partial charge >= 0.3 is 0 Å². The molecule has 1 rings (SSSR count). The van der Waals surface area contributed by atoms with Crippen LogP contribution in [-0.4, -0.2) is 34.6 Å². The summed E-state index contributed by atoms with van der Waals surface area (Å²) in [4.78, 5) is 0. The van der Waals surface area contributed by atoms with Gasteiger partial charge in [-0.3, -0.25) is 4.68 Å². The fourth-order valence-electron chi connectivity index (χ4n) is 2.51. The summed E-state index contributed by atoms with van der Waals surface area (Å²) in [7, 11) is 0. The number of likely N-dealkylation sites (N-methyl/N-ethyl adjacent to an activating group) is 1. The standard InChI is InChI=1S/C16H31N3O/c1-7-16(6,20-9-3)15(17-8-2)12-14-10-11-19(18-14)13(4)5/h10-11,13,15,17H,7-9,12H2,1-6H3. The van der Waals surface area contributed by atoms with Gasteiger partial charge in [0.15, 0.2) is 0 Å². The molecule has 0 saturated heterocycles. The van der Waals surface area contributed by atoms with Crippen LogP contribution in [0.5, 0.6) is 0 Å². The second-order valence-corrected chi connectivity index (χ2v) is 5.79. The zero-order valence-corrected chi connectivity index (χ0v) is 13.9. The van der Waals surface area contributed by atoms with Gasteiger partial charge in [0.1, 0.15) is 0 Å². The minimum atomic E-state index is -0.146. The molecule has 4 nitrogen and oxygen atoms in total. The van der Waals surface area contributed by atoms with Gasteiger partial charge in [0.2, 0.25) is 0 Å². The first-order valence-corrected chi connectivity index (χ1v) is 7.88. The van der Waals surface area contributed by atoms with Crippen LogP contribution in [0, 0.1) is 0 Å². The summed E-state index contributed by atoms with van der Waals surface area (Å²) in [6, 6.07) is 2.81. The Kier molecular flexibility index (Phi) is 6.69. The molecule has 1 aromatic heterocycles. The number of nitrogens with zero attached hydrogens (tertiary/aromatic N) is 2. The SMILES string of the molecule is CCNC(Cc1ccn(C(C)C)n1)C(C)(CC)OCC. The predicted octanol–water partition coefficient (Wildman–Crippen LogP) is 3.19. The van der Waals surface area contributed by atoms with Gasteiger partial charge in [0, 0.05) is 31.3 Å². The lowest BCUT2D eigenvalue weighted by molar-refractivity contribution is -0.0549. The van der Waals surface area contributed by atoms with E-state index in [2.05, 4.69) is 64.2 Å². The molecule has 116 valence electrons. The van der Waals surface area contributed by atoms with E-state index in [1.165, 1.54) is 0 Å². The first-order valence-electron chi connectivity index (χ1n) is 7.88. The maximum atomic E-state index is 6.02. The molecular formula is C16H31N3O. The summed E-state index contributed by atoms with van der Waals surface area (Å²) in [6.45, 7) is 14.6. The smallest absolute Gasteiger partial charge is 0.0807 e. The number of rotatable bonds is 9. The molecule has 0 aliphatic rings. The van der Waals surface area contributed by atoms with Crippen LogP contribution in [0.2, 0.25) is 0 Å². The summed E-state index contributed by atoms with van der Waals surface area (Å²) < 4.78 is 8.04. The maximum absolute atomic E-state index is 6.02. The third-order valence-corrected chi connectivity index (χ3v) is 3.97. The second-order valence-electron chi connectivity index (χ2n) is 5.79. The average molecular weight is 281 g/mol. The molecule has 0 bridgehead atoms. The Labute approximate surface area is 123 Å². The second kappa shape index (κ2) is 7.79. The minimum absolute atomic E-state index is 0.146. The van der Waals surface area contributed by atoms with Crippen molar-refractivity contribution in [3.63, 3.8) is 0 Å². The van der Waals surface area contributed by atoms with Gasteiger partial charge < -0.3 is 10.1 Å². The summed E-state index contributed by atoms with van der Waals surface area (Å²) in [5.74, 6) is 0. The Balaban J connectivity index is 2.84. The van der Waals surface area contributed by atoms with E-state index in [1.807, 2.05) is 4.68 Å². The van der Waals surface area contributed by atoms with Crippen LogP contribution in [-0.2, 0) is 11.2 Å².